The van der Waals surface area contributed by atoms with Crippen molar-refractivity contribution in [3.63, 3.8) is 0 Å². The molecule has 2 rings (SSSR count). The number of nitriles is 1. The summed E-state index contributed by atoms with van der Waals surface area (Å²) in [6, 6.07) is 16.7. The Kier molecular flexibility index (Phi) is 8.43. The van der Waals surface area contributed by atoms with Gasteiger partial charge in [-0.3, -0.25) is 9.00 Å². The molecule has 1 amide bonds. The number of halogens is 1. The van der Waals surface area contributed by atoms with Crippen molar-refractivity contribution in [3.8, 4) is 6.07 Å². The number of carbonyl (C=O) groups excluding carboxylic acids is 1. The number of carbonyl (C=O) groups is 1. The molecule has 2 aromatic carbocycles. The van der Waals surface area contributed by atoms with Crippen LogP contribution in [0.5, 0.6) is 0 Å². The van der Waals surface area contributed by atoms with Crippen LogP contribution in [0, 0.1) is 11.3 Å². The number of hydrogen-bond donors (Lipinski definition) is 0. The summed E-state index contributed by atoms with van der Waals surface area (Å²) < 4.78 is 13.3. The summed E-state index contributed by atoms with van der Waals surface area (Å²) in [5.41, 5.74) is 1.48. The molecule has 0 N–H and O–H groups in total. The molecule has 2 aromatic rings. The quantitative estimate of drug-likeness (QED) is 0.537. The van der Waals surface area contributed by atoms with Crippen LogP contribution in [0.3, 0.4) is 0 Å². The molecule has 1 unspecified atom stereocenters. The summed E-state index contributed by atoms with van der Waals surface area (Å²) in [5.74, 6) is 0.434. The Morgan fingerprint density at radius 3 is 2.67 bits per heavy atom. The van der Waals surface area contributed by atoms with Gasteiger partial charge in [-0.1, -0.05) is 34.1 Å². The second-order valence-electron chi connectivity index (χ2n) is 5.98. The van der Waals surface area contributed by atoms with Crippen molar-refractivity contribution >= 4 is 32.6 Å². The average molecular weight is 445 g/mol. The zero-order valence-electron chi connectivity index (χ0n) is 14.9. The zero-order chi connectivity index (χ0) is 19.6. The van der Waals surface area contributed by atoms with Crippen LogP contribution < -0.4 is 0 Å². The monoisotopic (exact) mass is 444 g/mol. The Balaban J connectivity index is 1.90. The molecule has 0 bridgehead atoms. The zero-order valence-corrected chi connectivity index (χ0v) is 17.3. The average Bonchev–Trinajstić information content (AvgIpc) is 2.68. The lowest BCUT2D eigenvalue weighted by atomic mass is 10.1. The molecule has 27 heavy (non-hydrogen) atoms. The van der Waals surface area contributed by atoms with Gasteiger partial charge >= 0.3 is 0 Å². The largest absolute Gasteiger partial charge is 0.335 e. The second kappa shape index (κ2) is 10.8. The van der Waals surface area contributed by atoms with E-state index in [-0.39, 0.29) is 5.91 Å². The molecule has 0 saturated carbocycles. The van der Waals surface area contributed by atoms with Crippen LogP contribution in [0.25, 0.3) is 0 Å². The van der Waals surface area contributed by atoms with E-state index >= 15 is 0 Å². The van der Waals surface area contributed by atoms with Crippen LogP contribution in [0.1, 0.15) is 24.0 Å². The van der Waals surface area contributed by atoms with E-state index in [1.54, 1.807) is 23.1 Å². The highest BCUT2D eigenvalue weighted by Crippen LogP contribution is 2.15. The second-order valence-corrected chi connectivity index (χ2v) is 8.47. The van der Waals surface area contributed by atoms with Crippen LogP contribution in [0.15, 0.2) is 70.6 Å². The third-order valence-corrected chi connectivity index (χ3v) is 5.91. The summed E-state index contributed by atoms with van der Waals surface area (Å²) >= 11 is 3.36. The normalized spacial score (nSPS) is 11.4. The molecule has 0 radical (unpaired) electrons. The van der Waals surface area contributed by atoms with Gasteiger partial charge in [0.15, 0.2) is 0 Å². The van der Waals surface area contributed by atoms with E-state index in [0.29, 0.717) is 37.2 Å². The summed E-state index contributed by atoms with van der Waals surface area (Å²) in [7, 11) is -1.12. The Morgan fingerprint density at radius 2 is 2.00 bits per heavy atom. The van der Waals surface area contributed by atoms with Crippen molar-refractivity contribution < 1.29 is 9.00 Å². The maximum Gasteiger partial charge on any atom is 0.223 e. The van der Waals surface area contributed by atoms with Gasteiger partial charge in [0.1, 0.15) is 0 Å². The predicted molar refractivity (Wildman–Crippen MR) is 111 cm³/mol. The lowest BCUT2D eigenvalue weighted by Crippen LogP contribution is -2.30. The van der Waals surface area contributed by atoms with Gasteiger partial charge in [-0.2, -0.15) is 5.26 Å². The Labute approximate surface area is 171 Å². The van der Waals surface area contributed by atoms with Gasteiger partial charge in [-0.05, 0) is 48.4 Å². The van der Waals surface area contributed by atoms with Crippen LogP contribution in [-0.4, -0.2) is 27.3 Å². The van der Waals surface area contributed by atoms with E-state index in [0.717, 1.165) is 14.9 Å². The van der Waals surface area contributed by atoms with E-state index in [4.69, 9.17) is 5.26 Å². The molecule has 1 atom stereocenters. The standard InChI is InChI=1S/C21H21BrN2O2S/c1-2-12-24(16-18-6-3-5-17(14-18)15-23)21(25)7-4-13-27(26)20-10-8-19(22)9-11-20/h2-3,5-6,8-11,14H,1,4,7,12-13,16H2. The molecule has 0 fully saturated rings. The van der Waals surface area contributed by atoms with Gasteiger partial charge < -0.3 is 4.90 Å². The van der Waals surface area contributed by atoms with Crippen molar-refractivity contribution in [2.45, 2.75) is 24.3 Å². The van der Waals surface area contributed by atoms with Crippen LogP contribution >= 0.6 is 15.9 Å². The lowest BCUT2D eigenvalue weighted by molar-refractivity contribution is -0.131. The van der Waals surface area contributed by atoms with Crippen molar-refractivity contribution in [1.29, 1.82) is 5.26 Å². The minimum atomic E-state index is -1.12. The van der Waals surface area contributed by atoms with Gasteiger partial charge in [0.05, 0.1) is 22.4 Å². The molecule has 0 heterocycles. The number of nitrogens with zero attached hydrogens (tertiary/aromatic N) is 2. The van der Waals surface area contributed by atoms with Gasteiger partial charge in [0.25, 0.3) is 0 Å². The smallest absolute Gasteiger partial charge is 0.223 e. The van der Waals surface area contributed by atoms with Crippen molar-refractivity contribution in [3.05, 3.63) is 76.8 Å². The maximum atomic E-state index is 12.6. The van der Waals surface area contributed by atoms with Crippen LogP contribution in [-0.2, 0) is 22.1 Å². The van der Waals surface area contributed by atoms with Gasteiger partial charge in [-0.15, -0.1) is 6.58 Å². The number of benzene rings is 2. The minimum Gasteiger partial charge on any atom is -0.335 e. The summed E-state index contributed by atoms with van der Waals surface area (Å²) in [4.78, 5) is 15.0. The Morgan fingerprint density at radius 1 is 1.26 bits per heavy atom. The number of amides is 1. The van der Waals surface area contributed by atoms with Gasteiger partial charge in [0, 0.05) is 34.6 Å². The molecule has 0 aliphatic heterocycles. The minimum absolute atomic E-state index is 0.00920. The maximum absolute atomic E-state index is 12.6. The first-order valence-electron chi connectivity index (χ1n) is 8.55. The van der Waals surface area contributed by atoms with Crippen molar-refractivity contribution in [1.82, 2.24) is 4.90 Å². The predicted octanol–water partition coefficient (Wildman–Crippen LogP) is 4.42. The van der Waals surface area contributed by atoms with Crippen LogP contribution in [0.4, 0.5) is 0 Å². The van der Waals surface area contributed by atoms with Crippen LogP contribution in [0.2, 0.25) is 0 Å². The van der Waals surface area contributed by atoms with Gasteiger partial charge in [0.2, 0.25) is 5.91 Å². The molecule has 6 heteroatoms. The lowest BCUT2D eigenvalue weighted by Gasteiger charge is -2.21. The fourth-order valence-corrected chi connectivity index (χ4v) is 3.93. The highest BCUT2D eigenvalue weighted by atomic mass is 79.9. The highest BCUT2D eigenvalue weighted by Gasteiger charge is 2.14. The van der Waals surface area contributed by atoms with E-state index in [2.05, 4.69) is 28.6 Å². The molecule has 0 aromatic heterocycles. The SMILES string of the molecule is C=CCN(Cc1cccc(C#N)c1)C(=O)CCCS(=O)c1ccc(Br)cc1. The molecule has 0 spiro atoms. The summed E-state index contributed by atoms with van der Waals surface area (Å²) in [6.45, 7) is 4.58. The highest BCUT2D eigenvalue weighted by molar-refractivity contribution is 9.10. The fourth-order valence-electron chi connectivity index (χ4n) is 2.59. The first kappa shape index (κ1) is 21.1. The summed E-state index contributed by atoms with van der Waals surface area (Å²) in [5, 5.41) is 9.01. The molecule has 0 saturated heterocycles. The molecular formula is C21H21BrN2O2S. The number of rotatable bonds is 9. The van der Waals surface area contributed by atoms with E-state index < -0.39 is 10.8 Å². The number of hydrogen-bond acceptors (Lipinski definition) is 3. The topological polar surface area (TPSA) is 61.2 Å². The van der Waals surface area contributed by atoms with Gasteiger partial charge in [-0.25, -0.2) is 0 Å². The molecule has 0 aliphatic carbocycles. The van der Waals surface area contributed by atoms with Crippen molar-refractivity contribution in [2.24, 2.45) is 0 Å². The Hall–Kier alpha value is -2.23. The summed E-state index contributed by atoms with van der Waals surface area (Å²) in [6.07, 6.45) is 2.56. The van der Waals surface area contributed by atoms with E-state index in [9.17, 15) is 9.00 Å². The fraction of sp³-hybridized carbons (Fsp3) is 0.238. The molecular weight excluding hydrogens is 424 g/mol. The van der Waals surface area contributed by atoms with Crippen molar-refractivity contribution in [2.75, 3.05) is 12.3 Å². The third kappa shape index (κ3) is 6.78. The Bertz CT molecular complexity index is 859. The van der Waals surface area contributed by atoms with E-state index in [1.807, 2.05) is 36.4 Å². The molecule has 0 aliphatic rings. The van der Waals surface area contributed by atoms with E-state index in [1.165, 1.54) is 0 Å². The third-order valence-electron chi connectivity index (χ3n) is 3.93. The molecule has 4 nitrogen and oxygen atoms in total. The molecule has 140 valence electrons. The first-order valence-corrected chi connectivity index (χ1v) is 10.7. The first-order chi connectivity index (χ1) is 13.0.